The fourth-order valence-electron chi connectivity index (χ4n) is 2.45. The third-order valence-corrected chi connectivity index (χ3v) is 3.66. The van der Waals surface area contributed by atoms with E-state index in [0.29, 0.717) is 11.0 Å². The summed E-state index contributed by atoms with van der Waals surface area (Å²) in [6.07, 6.45) is 3.24. The van der Waals surface area contributed by atoms with E-state index in [0.717, 1.165) is 36.9 Å². The fraction of sp³-hybridized carbons (Fsp3) is 0.462. The van der Waals surface area contributed by atoms with Crippen LogP contribution < -0.4 is 4.90 Å². The SMILES string of the molecule is OCC1CCCCN1c1nc2cc(Cl)ccc2o1. The number of oxazole rings is 1. The molecule has 1 atom stereocenters. The molecular weight excluding hydrogens is 252 g/mol. The molecule has 1 unspecified atom stereocenters. The Morgan fingerprint density at radius 2 is 2.33 bits per heavy atom. The van der Waals surface area contributed by atoms with E-state index in [1.54, 1.807) is 12.1 Å². The lowest BCUT2D eigenvalue weighted by atomic mass is 10.0. The van der Waals surface area contributed by atoms with Crippen molar-refractivity contribution in [1.29, 1.82) is 0 Å². The smallest absolute Gasteiger partial charge is 0.298 e. The molecule has 0 aliphatic carbocycles. The van der Waals surface area contributed by atoms with E-state index in [1.807, 2.05) is 6.07 Å². The lowest BCUT2D eigenvalue weighted by molar-refractivity contribution is 0.235. The maximum Gasteiger partial charge on any atom is 0.298 e. The van der Waals surface area contributed by atoms with Crippen molar-refractivity contribution in [2.75, 3.05) is 18.1 Å². The second kappa shape index (κ2) is 4.78. The van der Waals surface area contributed by atoms with Gasteiger partial charge in [-0.25, -0.2) is 0 Å². The van der Waals surface area contributed by atoms with Gasteiger partial charge in [0.05, 0.1) is 12.6 Å². The third kappa shape index (κ3) is 2.06. The number of aromatic nitrogens is 1. The molecule has 3 rings (SSSR count). The number of hydrogen-bond donors (Lipinski definition) is 1. The number of aliphatic hydroxyl groups excluding tert-OH is 1. The van der Waals surface area contributed by atoms with Crippen LogP contribution in [0.4, 0.5) is 6.01 Å². The van der Waals surface area contributed by atoms with Crippen LogP contribution in [0.2, 0.25) is 5.02 Å². The summed E-state index contributed by atoms with van der Waals surface area (Å²) < 4.78 is 5.74. The lowest BCUT2D eigenvalue weighted by Crippen LogP contribution is -2.42. The standard InChI is InChI=1S/C13H15ClN2O2/c14-9-4-5-12-11(7-9)15-13(18-12)16-6-2-1-3-10(16)8-17/h4-5,7,10,17H,1-3,6,8H2. The molecule has 0 radical (unpaired) electrons. The van der Waals surface area contributed by atoms with Crippen LogP contribution in [0, 0.1) is 0 Å². The summed E-state index contributed by atoms with van der Waals surface area (Å²) in [7, 11) is 0. The van der Waals surface area contributed by atoms with Crippen molar-refractivity contribution >= 4 is 28.7 Å². The second-order valence-electron chi connectivity index (χ2n) is 4.63. The summed E-state index contributed by atoms with van der Waals surface area (Å²) in [4.78, 5) is 6.51. The first kappa shape index (κ1) is 11.8. The minimum absolute atomic E-state index is 0.113. The van der Waals surface area contributed by atoms with Gasteiger partial charge in [-0.05, 0) is 37.5 Å². The quantitative estimate of drug-likeness (QED) is 0.908. The van der Waals surface area contributed by atoms with Gasteiger partial charge in [0.25, 0.3) is 6.01 Å². The highest BCUT2D eigenvalue weighted by Crippen LogP contribution is 2.28. The summed E-state index contributed by atoms with van der Waals surface area (Å²) in [5, 5.41) is 10.1. The average molecular weight is 267 g/mol. The molecule has 0 saturated carbocycles. The highest BCUT2D eigenvalue weighted by molar-refractivity contribution is 6.31. The zero-order valence-corrected chi connectivity index (χ0v) is 10.7. The first-order valence-electron chi connectivity index (χ1n) is 6.21. The molecule has 96 valence electrons. The summed E-state index contributed by atoms with van der Waals surface area (Å²) in [6.45, 7) is 1.02. The fourth-order valence-corrected chi connectivity index (χ4v) is 2.62. The zero-order valence-electron chi connectivity index (χ0n) is 9.97. The molecule has 1 aromatic heterocycles. The highest BCUT2D eigenvalue weighted by Gasteiger charge is 2.25. The Morgan fingerprint density at radius 1 is 1.44 bits per heavy atom. The largest absolute Gasteiger partial charge is 0.423 e. The van der Waals surface area contributed by atoms with Crippen molar-refractivity contribution in [3.05, 3.63) is 23.2 Å². The molecule has 1 saturated heterocycles. The van der Waals surface area contributed by atoms with E-state index in [9.17, 15) is 5.11 Å². The molecule has 1 aliphatic heterocycles. The molecule has 1 fully saturated rings. The van der Waals surface area contributed by atoms with Crippen molar-refractivity contribution in [2.24, 2.45) is 0 Å². The number of benzene rings is 1. The van der Waals surface area contributed by atoms with E-state index in [2.05, 4.69) is 9.88 Å². The molecule has 0 spiro atoms. The molecular formula is C13H15ClN2O2. The summed E-state index contributed by atoms with van der Waals surface area (Å²) in [5.41, 5.74) is 1.50. The first-order chi connectivity index (χ1) is 8.78. The molecule has 5 heteroatoms. The normalized spacial score (nSPS) is 20.6. The van der Waals surface area contributed by atoms with Crippen molar-refractivity contribution in [2.45, 2.75) is 25.3 Å². The van der Waals surface area contributed by atoms with Crippen LogP contribution in [0.15, 0.2) is 22.6 Å². The van der Waals surface area contributed by atoms with Crippen LogP contribution in [0.5, 0.6) is 0 Å². The summed E-state index contributed by atoms with van der Waals surface area (Å²) in [5.74, 6) is 0. The predicted molar refractivity (Wildman–Crippen MR) is 71.1 cm³/mol. The number of halogens is 1. The molecule has 1 N–H and O–H groups in total. The first-order valence-corrected chi connectivity index (χ1v) is 6.59. The van der Waals surface area contributed by atoms with Gasteiger partial charge in [0.1, 0.15) is 5.52 Å². The minimum atomic E-state index is 0.113. The number of aliphatic hydroxyl groups is 1. The van der Waals surface area contributed by atoms with Crippen molar-refractivity contribution in [3.63, 3.8) is 0 Å². The molecule has 1 aromatic carbocycles. The van der Waals surface area contributed by atoms with Gasteiger partial charge in [0, 0.05) is 11.6 Å². The Hall–Kier alpha value is -1.26. The van der Waals surface area contributed by atoms with Crippen LogP contribution in [0.3, 0.4) is 0 Å². The van der Waals surface area contributed by atoms with Gasteiger partial charge in [0.2, 0.25) is 0 Å². The van der Waals surface area contributed by atoms with Gasteiger partial charge in [-0.1, -0.05) is 11.6 Å². The number of anilines is 1. The van der Waals surface area contributed by atoms with E-state index in [-0.39, 0.29) is 12.6 Å². The van der Waals surface area contributed by atoms with Gasteiger partial charge in [0.15, 0.2) is 5.58 Å². The average Bonchev–Trinajstić information content (AvgIpc) is 2.81. The molecule has 0 bridgehead atoms. The van der Waals surface area contributed by atoms with Gasteiger partial charge >= 0.3 is 0 Å². The monoisotopic (exact) mass is 266 g/mol. The molecule has 2 heterocycles. The van der Waals surface area contributed by atoms with E-state index in [1.165, 1.54) is 0 Å². The highest BCUT2D eigenvalue weighted by atomic mass is 35.5. The van der Waals surface area contributed by atoms with Crippen LogP contribution in [0.25, 0.3) is 11.1 Å². The number of nitrogens with zero attached hydrogens (tertiary/aromatic N) is 2. The van der Waals surface area contributed by atoms with Gasteiger partial charge in [-0.15, -0.1) is 0 Å². The molecule has 2 aromatic rings. The Kier molecular flexibility index (Phi) is 3.14. The van der Waals surface area contributed by atoms with Crippen molar-refractivity contribution < 1.29 is 9.52 Å². The molecule has 1 aliphatic rings. The molecule has 18 heavy (non-hydrogen) atoms. The van der Waals surface area contributed by atoms with Gasteiger partial charge in [-0.3, -0.25) is 0 Å². The van der Waals surface area contributed by atoms with Crippen LogP contribution in [0.1, 0.15) is 19.3 Å². The van der Waals surface area contributed by atoms with Crippen LogP contribution in [-0.2, 0) is 0 Å². The number of fused-ring (bicyclic) bond motifs is 1. The Balaban J connectivity index is 1.97. The molecule has 0 amide bonds. The van der Waals surface area contributed by atoms with E-state index < -0.39 is 0 Å². The minimum Gasteiger partial charge on any atom is -0.423 e. The third-order valence-electron chi connectivity index (χ3n) is 3.42. The maximum absolute atomic E-state index is 9.41. The van der Waals surface area contributed by atoms with Crippen LogP contribution >= 0.6 is 11.6 Å². The number of piperidine rings is 1. The number of hydrogen-bond acceptors (Lipinski definition) is 4. The zero-order chi connectivity index (χ0) is 12.5. The van der Waals surface area contributed by atoms with Crippen LogP contribution in [-0.4, -0.2) is 29.3 Å². The Bertz CT molecular complexity index is 555. The molecule has 4 nitrogen and oxygen atoms in total. The van der Waals surface area contributed by atoms with Gasteiger partial charge < -0.3 is 14.4 Å². The Labute approximate surface area is 110 Å². The van der Waals surface area contributed by atoms with E-state index in [4.69, 9.17) is 16.0 Å². The topological polar surface area (TPSA) is 49.5 Å². The maximum atomic E-state index is 9.41. The predicted octanol–water partition coefficient (Wildman–Crippen LogP) is 2.83. The number of rotatable bonds is 2. The Morgan fingerprint density at radius 3 is 3.17 bits per heavy atom. The summed E-state index contributed by atoms with van der Waals surface area (Å²) in [6, 6.07) is 6.11. The van der Waals surface area contributed by atoms with Crippen molar-refractivity contribution in [1.82, 2.24) is 4.98 Å². The van der Waals surface area contributed by atoms with Crippen molar-refractivity contribution in [3.8, 4) is 0 Å². The summed E-state index contributed by atoms with van der Waals surface area (Å²) >= 11 is 5.93. The second-order valence-corrected chi connectivity index (χ2v) is 5.07. The van der Waals surface area contributed by atoms with E-state index >= 15 is 0 Å². The van der Waals surface area contributed by atoms with Gasteiger partial charge in [-0.2, -0.15) is 4.98 Å². The lowest BCUT2D eigenvalue weighted by Gasteiger charge is -2.33.